The topological polar surface area (TPSA) is 85.6 Å². The molecule has 1 fully saturated rings. The largest absolute Gasteiger partial charge is 0.450 e. The number of rotatable bonds is 3. The SMILES string of the molecule is CCOC(=O)N1CCC(C2c3cc([N+](=O)[O-])c(Cl)cc3CCc3cccnc32)CC1. The molecule has 2 aromatic rings. The molecule has 30 heavy (non-hydrogen) atoms. The van der Waals surface area contributed by atoms with Crippen molar-refractivity contribution in [3.05, 3.63) is 68.0 Å². The van der Waals surface area contributed by atoms with E-state index in [0.29, 0.717) is 19.7 Å². The van der Waals surface area contributed by atoms with Crippen LogP contribution in [-0.2, 0) is 17.6 Å². The first kappa shape index (κ1) is 20.6. The van der Waals surface area contributed by atoms with Crippen LogP contribution in [0.15, 0.2) is 30.5 Å². The van der Waals surface area contributed by atoms with Crippen molar-refractivity contribution in [1.82, 2.24) is 9.88 Å². The fourth-order valence-electron chi connectivity index (χ4n) is 4.73. The number of hydrogen-bond acceptors (Lipinski definition) is 5. The van der Waals surface area contributed by atoms with Gasteiger partial charge in [0.05, 0.1) is 17.2 Å². The number of aromatic nitrogens is 1. The average molecular weight is 430 g/mol. The second-order valence-corrected chi connectivity index (χ2v) is 8.22. The molecule has 1 atom stereocenters. The summed E-state index contributed by atoms with van der Waals surface area (Å²) < 4.78 is 5.13. The summed E-state index contributed by atoms with van der Waals surface area (Å²) >= 11 is 6.22. The van der Waals surface area contributed by atoms with Crippen LogP contribution in [0, 0.1) is 16.0 Å². The summed E-state index contributed by atoms with van der Waals surface area (Å²) in [6, 6.07) is 7.42. The molecule has 1 aromatic heterocycles. The maximum Gasteiger partial charge on any atom is 0.409 e. The Labute approximate surface area is 180 Å². The molecule has 1 amide bonds. The highest BCUT2D eigenvalue weighted by Crippen LogP contribution is 2.44. The molecule has 1 aliphatic carbocycles. The molecule has 8 heteroatoms. The standard InChI is InChI=1S/C22H24ClN3O4/c1-2-30-22(27)25-10-7-14(8-11-25)20-17-13-19(26(28)29)18(23)12-16(17)6-5-15-4-3-9-24-21(15)20/h3-4,9,12-14,20H,2,5-8,10-11H2,1H3. The lowest BCUT2D eigenvalue weighted by Crippen LogP contribution is -2.40. The van der Waals surface area contributed by atoms with Gasteiger partial charge >= 0.3 is 6.09 Å². The molecule has 0 spiro atoms. The van der Waals surface area contributed by atoms with Gasteiger partial charge in [0.15, 0.2) is 0 Å². The molecule has 158 valence electrons. The van der Waals surface area contributed by atoms with E-state index >= 15 is 0 Å². The van der Waals surface area contributed by atoms with Gasteiger partial charge in [-0.25, -0.2) is 4.79 Å². The molecule has 1 aromatic carbocycles. The van der Waals surface area contributed by atoms with E-state index < -0.39 is 4.92 Å². The Bertz CT molecular complexity index is 973. The van der Waals surface area contributed by atoms with Gasteiger partial charge in [0.25, 0.3) is 5.69 Å². The number of fused-ring (bicyclic) bond motifs is 2. The van der Waals surface area contributed by atoms with Crippen molar-refractivity contribution >= 4 is 23.4 Å². The third-order valence-corrected chi connectivity index (χ3v) is 6.46. The fourth-order valence-corrected chi connectivity index (χ4v) is 4.99. The Balaban J connectivity index is 1.73. The Hall–Kier alpha value is -2.67. The first-order chi connectivity index (χ1) is 14.5. The van der Waals surface area contributed by atoms with Gasteiger partial charge in [-0.2, -0.15) is 0 Å². The number of carbonyl (C=O) groups excluding carboxylic acids is 1. The molecule has 1 unspecified atom stereocenters. The number of benzene rings is 1. The highest BCUT2D eigenvalue weighted by Gasteiger charge is 2.36. The van der Waals surface area contributed by atoms with Crippen molar-refractivity contribution in [2.75, 3.05) is 19.7 Å². The second-order valence-electron chi connectivity index (χ2n) is 7.81. The van der Waals surface area contributed by atoms with Gasteiger partial charge in [0.1, 0.15) is 5.02 Å². The van der Waals surface area contributed by atoms with Gasteiger partial charge in [-0.3, -0.25) is 15.1 Å². The number of nitro groups is 1. The molecule has 7 nitrogen and oxygen atoms in total. The highest BCUT2D eigenvalue weighted by atomic mass is 35.5. The van der Waals surface area contributed by atoms with E-state index in [1.54, 1.807) is 30.2 Å². The summed E-state index contributed by atoms with van der Waals surface area (Å²) in [6.07, 6.45) is 4.67. The third kappa shape index (κ3) is 3.86. The van der Waals surface area contributed by atoms with Crippen LogP contribution in [0.2, 0.25) is 5.02 Å². The van der Waals surface area contributed by atoms with Crippen LogP contribution in [0.3, 0.4) is 0 Å². The zero-order chi connectivity index (χ0) is 21.3. The van der Waals surface area contributed by atoms with Crippen molar-refractivity contribution in [1.29, 1.82) is 0 Å². The maximum atomic E-state index is 12.1. The number of halogens is 1. The molecule has 1 aliphatic heterocycles. The quantitative estimate of drug-likeness (QED) is 0.519. The normalized spacial score (nSPS) is 18.9. The fraction of sp³-hybridized carbons (Fsp3) is 0.455. The number of ether oxygens (including phenoxy) is 1. The van der Waals surface area contributed by atoms with E-state index in [1.165, 1.54) is 5.56 Å². The predicted molar refractivity (Wildman–Crippen MR) is 113 cm³/mol. The monoisotopic (exact) mass is 429 g/mol. The van der Waals surface area contributed by atoms with Crippen LogP contribution in [-0.4, -0.2) is 40.6 Å². The molecule has 0 N–H and O–H groups in total. The Morgan fingerprint density at radius 2 is 2.03 bits per heavy atom. The van der Waals surface area contributed by atoms with Gasteiger partial charge in [0, 0.05) is 31.3 Å². The molecule has 4 rings (SSSR count). The number of piperidine rings is 1. The minimum Gasteiger partial charge on any atom is -0.450 e. The summed E-state index contributed by atoms with van der Waals surface area (Å²) in [5.74, 6) is 0.168. The molecule has 0 radical (unpaired) electrons. The van der Waals surface area contributed by atoms with Crippen LogP contribution >= 0.6 is 11.6 Å². The van der Waals surface area contributed by atoms with Crippen LogP contribution in [0.25, 0.3) is 0 Å². The van der Waals surface area contributed by atoms with Crippen molar-refractivity contribution < 1.29 is 14.5 Å². The first-order valence-corrected chi connectivity index (χ1v) is 10.7. The van der Waals surface area contributed by atoms with E-state index in [-0.39, 0.29) is 28.6 Å². The summed E-state index contributed by atoms with van der Waals surface area (Å²) in [6.45, 7) is 3.37. The lowest BCUT2D eigenvalue weighted by molar-refractivity contribution is -0.384. The molecular formula is C22H24ClN3O4. The molecule has 1 saturated heterocycles. The summed E-state index contributed by atoms with van der Waals surface area (Å²) in [5, 5.41) is 11.7. The Morgan fingerprint density at radius 1 is 1.30 bits per heavy atom. The van der Waals surface area contributed by atoms with Crippen molar-refractivity contribution in [3.63, 3.8) is 0 Å². The lowest BCUT2D eigenvalue weighted by Gasteiger charge is -2.36. The number of pyridine rings is 1. The van der Waals surface area contributed by atoms with Gasteiger partial charge in [-0.1, -0.05) is 17.7 Å². The predicted octanol–water partition coefficient (Wildman–Crippen LogP) is 4.74. The number of nitrogens with zero attached hydrogens (tertiary/aromatic N) is 3. The van der Waals surface area contributed by atoms with Crippen LogP contribution in [0.4, 0.5) is 10.5 Å². The first-order valence-electron chi connectivity index (χ1n) is 10.3. The second kappa shape index (κ2) is 8.60. The lowest BCUT2D eigenvalue weighted by atomic mass is 9.76. The van der Waals surface area contributed by atoms with E-state index in [9.17, 15) is 14.9 Å². The number of aryl methyl sites for hydroxylation is 2. The summed E-state index contributed by atoms with van der Waals surface area (Å²) in [7, 11) is 0. The summed E-state index contributed by atoms with van der Waals surface area (Å²) in [5.41, 5.74) is 4.08. The minimum absolute atomic E-state index is 0.0565. The number of hydrogen-bond donors (Lipinski definition) is 0. The van der Waals surface area contributed by atoms with Crippen molar-refractivity contribution in [2.24, 2.45) is 5.92 Å². The molecule has 0 saturated carbocycles. The Kier molecular flexibility index (Phi) is 5.90. The zero-order valence-corrected chi connectivity index (χ0v) is 17.6. The van der Waals surface area contributed by atoms with Gasteiger partial charge < -0.3 is 9.64 Å². The van der Waals surface area contributed by atoms with E-state index in [1.807, 2.05) is 6.07 Å². The van der Waals surface area contributed by atoms with Crippen molar-refractivity contribution in [2.45, 2.75) is 38.5 Å². The van der Waals surface area contributed by atoms with E-state index in [0.717, 1.165) is 42.5 Å². The number of carbonyl (C=O) groups is 1. The average Bonchev–Trinajstić information content (AvgIpc) is 2.90. The zero-order valence-electron chi connectivity index (χ0n) is 16.8. The molecule has 2 aliphatic rings. The molecular weight excluding hydrogens is 406 g/mol. The number of likely N-dealkylation sites (tertiary alicyclic amines) is 1. The number of nitro benzene ring substituents is 1. The van der Waals surface area contributed by atoms with Gasteiger partial charge in [0.2, 0.25) is 0 Å². The maximum absolute atomic E-state index is 12.1. The minimum atomic E-state index is -0.423. The van der Waals surface area contributed by atoms with Crippen LogP contribution < -0.4 is 0 Å². The van der Waals surface area contributed by atoms with E-state index in [2.05, 4.69) is 6.07 Å². The van der Waals surface area contributed by atoms with E-state index in [4.69, 9.17) is 21.3 Å². The Morgan fingerprint density at radius 3 is 2.73 bits per heavy atom. The number of amides is 1. The third-order valence-electron chi connectivity index (χ3n) is 6.16. The molecule has 2 heterocycles. The van der Waals surface area contributed by atoms with Gasteiger partial charge in [-0.05, 0) is 67.3 Å². The smallest absolute Gasteiger partial charge is 0.409 e. The van der Waals surface area contributed by atoms with Crippen LogP contribution in [0.1, 0.15) is 48.1 Å². The molecule has 0 bridgehead atoms. The van der Waals surface area contributed by atoms with Crippen molar-refractivity contribution in [3.8, 4) is 0 Å². The summed E-state index contributed by atoms with van der Waals surface area (Å²) in [4.78, 5) is 29.7. The van der Waals surface area contributed by atoms with Crippen LogP contribution in [0.5, 0.6) is 0 Å². The highest BCUT2D eigenvalue weighted by molar-refractivity contribution is 6.32. The van der Waals surface area contributed by atoms with Gasteiger partial charge in [-0.15, -0.1) is 0 Å².